The van der Waals surface area contributed by atoms with E-state index in [2.05, 4.69) is 5.32 Å². The van der Waals surface area contributed by atoms with Crippen LogP contribution in [0.5, 0.6) is 0 Å². The van der Waals surface area contributed by atoms with Crippen LogP contribution in [0.4, 0.5) is 24.5 Å². The fourth-order valence-corrected chi connectivity index (χ4v) is 3.50. The van der Waals surface area contributed by atoms with Crippen LogP contribution in [0.1, 0.15) is 25.3 Å². The zero-order chi connectivity index (χ0) is 20.6. The molecule has 1 N–H and O–H groups in total. The van der Waals surface area contributed by atoms with Crippen LogP contribution in [0, 0.1) is 10.1 Å². The minimum atomic E-state index is -4.77. The molecule has 1 aromatic carbocycles. The molecule has 11 heteroatoms. The predicted molar refractivity (Wildman–Crippen MR) is 97.5 cm³/mol. The van der Waals surface area contributed by atoms with Gasteiger partial charge in [0.2, 0.25) is 5.91 Å². The molecule has 1 amide bonds. The van der Waals surface area contributed by atoms with E-state index >= 15 is 0 Å². The van der Waals surface area contributed by atoms with Gasteiger partial charge in [-0.1, -0.05) is 11.6 Å². The maximum absolute atomic E-state index is 13.0. The largest absolute Gasteiger partial charge is 0.418 e. The number of nitrogens with zero attached hydrogens (tertiary/aromatic N) is 3. The highest BCUT2D eigenvalue weighted by Crippen LogP contribution is 2.41. The Morgan fingerprint density at radius 2 is 1.89 bits per heavy atom. The van der Waals surface area contributed by atoms with Gasteiger partial charge < -0.3 is 10.2 Å². The van der Waals surface area contributed by atoms with Crippen LogP contribution in [0.3, 0.4) is 0 Å². The molecule has 1 heterocycles. The van der Waals surface area contributed by atoms with E-state index in [1.807, 2.05) is 4.90 Å². The standard InChI is InChI=1S/C17H20ClF3N4O3/c1-10(16(26)22-11-2-3-11)23-4-6-24(7-5-23)14-9-13(18)12(17(19,20)21)8-15(14)25(27)28/h8-11H,2-7H2,1H3,(H,22,26). The summed E-state index contributed by atoms with van der Waals surface area (Å²) < 4.78 is 39.0. The molecule has 1 saturated heterocycles. The first kappa shape index (κ1) is 20.7. The first-order chi connectivity index (χ1) is 13.1. The van der Waals surface area contributed by atoms with Crippen molar-refractivity contribution >= 4 is 28.9 Å². The van der Waals surface area contributed by atoms with Crippen molar-refractivity contribution in [2.45, 2.75) is 38.0 Å². The molecule has 1 aromatic rings. The number of carbonyl (C=O) groups is 1. The van der Waals surface area contributed by atoms with Gasteiger partial charge in [-0.3, -0.25) is 19.8 Å². The summed E-state index contributed by atoms with van der Waals surface area (Å²) >= 11 is 5.75. The third-order valence-corrected chi connectivity index (χ3v) is 5.38. The van der Waals surface area contributed by atoms with Crippen LogP contribution >= 0.6 is 11.6 Å². The zero-order valence-electron chi connectivity index (χ0n) is 15.1. The highest BCUT2D eigenvalue weighted by molar-refractivity contribution is 6.31. The number of nitro groups is 1. The van der Waals surface area contributed by atoms with Crippen molar-refractivity contribution in [3.05, 3.63) is 32.8 Å². The number of piperazine rings is 1. The number of amides is 1. The number of nitro benzene ring substituents is 1. The topological polar surface area (TPSA) is 78.7 Å². The molecule has 2 fully saturated rings. The average molecular weight is 421 g/mol. The minimum Gasteiger partial charge on any atom is -0.363 e. The third-order valence-electron chi connectivity index (χ3n) is 5.07. The second kappa shape index (κ2) is 7.75. The lowest BCUT2D eigenvalue weighted by Crippen LogP contribution is -2.54. The molecule has 2 aliphatic rings. The van der Waals surface area contributed by atoms with Gasteiger partial charge in [0, 0.05) is 38.3 Å². The van der Waals surface area contributed by atoms with E-state index in [1.165, 1.54) is 0 Å². The number of hydrogen-bond acceptors (Lipinski definition) is 5. The molecule has 28 heavy (non-hydrogen) atoms. The van der Waals surface area contributed by atoms with Gasteiger partial charge in [0.15, 0.2) is 0 Å². The highest BCUT2D eigenvalue weighted by Gasteiger charge is 2.37. The van der Waals surface area contributed by atoms with Crippen molar-refractivity contribution < 1.29 is 22.9 Å². The molecule has 1 atom stereocenters. The second-order valence-electron chi connectivity index (χ2n) is 7.06. The van der Waals surface area contributed by atoms with Gasteiger partial charge in [-0.05, 0) is 25.8 Å². The number of nitrogens with one attached hydrogen (secondary N) is 1. The molecule has 0 radical (unpaired) electrons. The quantitative estimate of drug-likeness (QED) is 0.585. The van der Waals surface area contributed by atoms with Crippen LogP contribution in [0.2, 0.25) is 5.02 Å². The number of benzene rings is 1. The fourth-order valence-electron chi connectivity index (χ4n) is 3.23. The van der Waals surface area contributed by atoms with Crippen molar-refractivity contribution in [1.82, 2.24) is 10.2 Å². The van der Waals surface area contributed by atoms with Crippen LogP contribution in [0.25, 0.3) is 0 Å². The van der Waals surface area contributed by atoms with Gasteiger partial charge in [-0.2, -0.15) is 13.2 Å². The van der Waals surface area contributed by atoms with Gasteiger partial charge >= 0.3 is 6.18 Å². The van der Waals surface area contributed by atoms with Crippen LogP contribution in [0.15, 0.2) is 12.1 Å². The second-order valence-corrected chi connectivity index (χ2v) is 7.46. The summed E-state index contributed by atoms with van der Waals surface area (Å²) in [5, 5.41) is 13.7. The monoisotopic (exact) mass is 420 g/mol. The maximum atomic E-state index is 13.0. The lowest BCUT2D eigenvalue weighted by Gasteiger charge is -2.38. The van der Waals surface area contributed by atoms with Gasteiger partial charge in [-0.25, -0.2) is 0 Å². The number of halogens is 4. The first-order valence-electron chi connectivity index (χ1n) is 8.92. The Bertz CT molecular complexity index is 778. The summed E-state index contributed by atoms with van der Waals surface area (Å²) in [6.07, 6.45) is -2.79. The number of hydrogen-bond donors (Lipinski definition) is 1. The number of carbonyl (C=O) groups excluding carboxylic acids is 1. The molecule has 1 aliphatic heterocycles. The normalized spacial score (nSPS) is 19.4. The summed E-state index contributed by atoms with van der Waals surface area (Å²) in [5.74, 6) is -0.0560. The Kier molecular flexibility index (Phi) is 5.72. The Morgan fingerprint density at radius 1 is 1.29 bits per heavy atom. The Balaban J connectivity index is 1.73. The number of anilines is 1. The van der Waals surface area contributed by atoms with E-state index in [1.54, 1.807) is 11.8 Å². The van der Waals surface area contributed by atoms with Gasteiger partial charge in [0.05, 0.1) is 21.6 Å². The Hall–Kier alpha value is -2.07. The average Bonchev–Trinajstić information content (AvgIpc) is 3.43. The molecule has 1 saturated carbocycles. The van der Waals surface area contributed by atoms with E-state index in [-0.39, 0.29) is 23.7 Å². The molecule has 154 valence electrons. The van der Waals surface area contributed by atoms with Crippen molar-refractivity contribution in [1.29, 1.82) is 0 Å². The third kappa shape index (κ3) is 4.49. The molecule has 1 unspecified atom stereocenters. The van der Waals surface area contributed by atoms with Crippen LogP contribution in [-0.2, 0) is 11.0 Å². The van der Waals surface area contributed by atoms with Crippen molar-refractivity contribution in [3.8, 4) is 0 Å². The van der Waals surface area contributed by atoms with Gasteiger partial charge in [0.25, 0.3) is 5.69 Å². The Labute approximate surface area is 164 Å². The smallest absolute Gasteiger partial charge is 0.363 e. The summed E-state index contributed by atoms with van der Waals surface area (Å²) in [6, 6.07) is 1.40. The van der Waals surface area contributed by atoms with Gasteiger partial charge in [0.1, 0.15) is 5.69 Å². The zero-order valence-corrected chi connectivity index (χ0v) is 15.9. The van der Waals surface area contributed by atoms with E-state index in [9.17, 15) is 28.1 Å². The van der Waals surface area contributed by atoms with E-state index < -0.39 is 27.4 Å². The maximum Gasteiger partial charge on any atom is 0.418 e. The molecule has 0 bridgehead atoms. The summed E-state index contributed by atoms with van der Waals surface area (Å²) in [4.78, 5) is 26.3. The summed E-state index contributed by atoms with van der Waals surface area (Å²) in [6.45, 7) is 3.38. The van der Waals surface area contributed by atoms with Crippen molar-refractivity contribution in [3.63, 3.8) is 0 Å². The first-order valence-corrected chi connectivity index (χ1v) is 9.30. The molecule has 0 spiro atoms. The SMILES string of the molecule is CC(C(=O)NC1CC1)N1CCN(c2cc(Cl)c(C(F)(F)F)cc2[N+](=O)[O-])CC1. The lowest BCUT2D eigenvalue weighted by atomic mass is 10.1. The lowest BCUT2D eigenvalue weighted by molar-refractivity contribution is -0.384. The highest BCUT2D eigenvalue weighted by atomic mass is 35.5. The molecule has 7 nitrogen and oxygen atoms in total. The van der Waals surface area contributed by atoms with E-state index in [0.717, 1.165) is 18.9 Å². The Morgan fingerprint density at radius 3 is 2.39 bits per heavy atom. The summed E-state index contributed by atoms with van der Waals surface area (Å²) in [5.41, 5.74) is -1.81. The van der Waals surface area contributed by atoms with Gasteiger partial charge in [-0.15, -0.1) is 0 Å². The number of rotatable bonds is 5. The van der Waals surface area contributed by atoms with E-state index in [0.29, 0.717) is 32.2 Å². The van der Waals surface area contributed by atoms with Crippen molar-refractivity contribution in [2.75, 3.05) is 31.1 Å². The number of alkyl halides is 3. The minimum absolute atomic E-state index is 0.0535. The molecule has 1 aliphatic carbocycles. The molecule has 0 aromatic heterocycles. The van der Waals surface area contributed by atoms with Crippen molar-refractivity contribution in [2.24, 2.45) is 0 Å². The fraction of sp³-hybridized carbons (Fsp3) is 0.588. The van der Waals surface area contributed by atoms with Crippen LogP contribution in [-0.4, -0.2) is 54.0 Å². The molecular weight excluding hydrogens is 401 g/mol. The van der Waals surface area contributed by atoms with E-state index in [4.69, 9.17) is 11.6 Å². The van der Waals surface area contributed by atoms with Crippen LogP contribution < -0.4 is 10.2 Å². The summed E-state index contributed by atoms with van der Waals surface area (Å²) in [7, 11) is 0. The molecule has 3 rings (SSSR count). The molecular formula is C17H20ClF3N4O3. The predicted octanol–water partition coefficient (Wildman–Crippen LogP) is 3.06.